The first-order valence-corrected chi connectivity index (χ1v) is 8.81. The molecule has 1 aromatic carbocycles. The number of ether oxygens (including phenoxy) is 2. The Bertz CT molecular complexity index is 580. The molecule has 0 spiro atoms. The van der Waals surface area contributed by atoms with Crippen molar-refractivity contribution in [3.05, 3.63) is 22.7 Å². The molecule has 1 saturated carbocycles. The Morgan fingerprint density at radius 2 is 2.12 bits per heavy atom. The topological polar surface area (TPSA) is 73.6 Å². The van der Waals surface area contributed by atoms with Gasteiger partial charge in [-0.3, -0.25) is 4.79 Å². The highest BCUT2D eigenvalue weighted by Gasteiger charge is 2.26. The molecule has 0 aromatic heterocycles. The third-order valence-electron chi connectivity index (χ3n) is 4.92. The van der Waals surface area contributed by atoms with Gasteiger partial charge in [0.1, 0.15) is 0 Å². The van der Waals surface area contributed by atoms with Gasteiger partial charge in [-0.2, -0.15) is 0 Å². The second-order valence-electron chi connectivity index (χ2n) is 6.62. The molecule has 1 amide bonds. The van der Waals surface area contributed by atoms with Crippen LogP contribution in [0.5, 0.6) is 11.5 Å². The summed E-state index contributed by atoms with van der Waals surface area (Å²) >= 11 is 6.29. The van der Waals surface area contributed by atoms with E-state index >= 15 is 0 Å². The molecule has 0 bridgehead atoms. The van der Waals surface area contributed by atoms with Gasteiger partial charge in [-0.1, -0.05) is 38.3 Å². The lowest BCUT2D eigenvalue weighted by Crippen LogP contribution is -2.40. The largest absolute Gasteiger partial charge is 0.493 e. The predicted molar refractivity (Wildman–Crippen MR) is 95.5 cm³/mol. The number of amides is 1. The van der Waals surface area contributed by atoms with Crippen molar-refractivity contribution in [2.45, 2.75) is 45.7 Å². The standard InChI is InChI=1S/C18H27ClN2O3/c1-11-5-4-6-15(12(11)2)21-9-13-7-14(19)18(16(8-13)23-3)24-10-17(20)22/h7-8,11-12,15,21H,4-6,9-10H2,1-3H3,(H2,20,22). The van der Waals surface area contributed by atoms with E-state index in [1.807, 2.05) is 12.1 Å². The van der Waals surface area contributed by atoms with E-state index in [9.17, 15) is 4.79 Å². The summed E-state index contributed by atoms with van der Waals surface area (Å²) in [6, 6.07) is 4.24. The van der Waals surface area contributed by atoms with Crippen LogP contribution in [0.4, 0.5) is 0 Å². The van der Waals surface area contributed by atoms with E-state index < -0.39 is 5.91 Å². The molecule has 0 aliphatic heterocycles. The fourth-order valence-corrected chi connectivity index (χ4v) is 3.57. The monoisotopic (exact) mass is 354 g/mol. The molecule has 0 saturated heterocycles. The summed E-state index contributed by atoms with van der Waals surface area (Å²) in [5.74, 6) is 1.71. The predicted octanol–water partition coefficient (Wildman–Crippen LogP) is 3.13. The summed E-state index contributed by atoms with van der Waals surface area (Å²) in [5, 5.41) is 4.05. The number of halogens is 1. The van der Waals surface area contributed by atoms with Crippen LogP contribution in [0.25, 0.3) is 0 Å². The smallest absolute Gasteiger partial charge is 0.255 e. The minimum atomic E-state index is -0.556. The first-order chi connectivity index (χ1) is 11.4. The van der Waals surface area contributed by atoms with Gasteiger partial charge in [-0.15, -0.1) is 0 Å². The second kappa shape index (κ2) is 8.58. The van der Waals surface area contributed by atoms with Gasteiger partial charge in [0.05, 0.1) is 12.1 Å². The maximum atomic E-state index is 10.9. The second-order valence-corrected chi connectivity index (χ2v) is 7.03. The van der Waals surface area contributed by atoms with Crippen molar-refractivity contribution < 1.29 is 14.3 Å². The number of benzene rings is 1. The zero-order chi connectivity index (χ0) is 17.7. The van der Waals surface area contributed by atoms with Gasteiger partial charge in [0.25, 0.3) is 5.91 Å². The van der Waals surface area contributed by atoms with Crippen molar-refractivity contribution in [1.82, 2.24) is 5.32 Å². The first kappa shape index (κ1) is 18.9. The zero-order valence-electron chi connectivity index (χ0n) is 14.6. The van der Waals surface area contributed by atoms with Crippen molar-refractivity contribution in [3.8, 4) is 11.5 Å². The Balaban J connectivity index is 2.05. The molecule has 1 aliphatic carbocycles. The third-order valence-corrected chi connectivity index (χ3v) is 5.20. The van der Waals surface area contributed by atoms with E-state index in [1.165, 1.54) is 19.3 Å². The number of hydrogen-bond acceptors (Lipinski definition) is 4. The van der Waals surface area contributed by atoms with E-state index in [-0.39, 0.29) is 6.61 Å². The van der Waals surface area contributed by atoms with Crippen LogP contribution in [-0.2, 0) is 11.3 Å². The number of carbonyl (C=O) groups excluding carboxylic acids is 1. The minimum Gasteiger partial charge on any atom is -0.493 e. The number of carbonyl (C=O) groups is 1. The van der Waals surface area contributed by atoms with E-state index in [0.717, 1.165) is 11.5 Å². The van der Waals surface area contributed by atoms with E-state index in [2.05, 4.69) is 19.2 Å². The summed E-state index contributed by atoms with van der Waals surface area (Å²) in [6.07, 6.45) is 3.79. The molecule has 3 atom stereocenters. The average Bonchev–Trinajstić information content (AvgIpc) is 2.54. The summed E-state index contributed by atoms with van der Waals surface area (Å²) in [7, 11) is 1.55. The van der Waals surface area contributed by atoms with Gasteiger partial charge in [-0.05, 0) is 36.0 Å². The van der Waals surface area contributed by atoms with Crippen LogP contribution in [0.2, 0.25) is 5.02 Å². The molecule has 24 heavy (non-hydrogen) atoms. The highest BCUT2D eigenvalue weighted by Crippen LogP contribution is 2.36. The van der Waals surface area contributed by atoms with E-state index in [0.29, 0.717) is 35.0 Å². The van der Waals surface area contributed by atoms with Gasteiger partial charge in [0, 0.05) is 12.6 Å². The van der Waals surface area contributed by atoms with E-state index in [1.54, 1.807) is 7.11 Å². The molecule has 134 valence electrons. The van der Waals surface area contributed by atoms with Crippen LogP contribution >= 0.6 is 11.6 Å². The van der Waals surface area contributed by atoms with Crippen LogP contribution in [0.15, 0.2) is 12.1 Å². The number of rotatable bonds is 7. The number of nitrogens with one attached hydrogen (secondary N) is 1. The Morgan fingerprint density at radius 3 is 2.79 bits per heavy atom. The lowest BCUT2D eigenvalue weighted by atomic mass is 9.78. The summed E-state index contributed by atoms with van der Waals surface area (Å²) in [5.41, 5.74) is 6.13. The van der Waals surface area contributed by atoms with Gasteiger partial charge in [0.2, 0.25) is 0 Å². The maximum absolute atomic E-state index is 10.9. The summed E-state index contributed by atoms with van der Waals surface area (Å²) < 4.78 is 10.7. The molecule has 0 heterocycles. The SMILES string of the molecule is COc1cc(CNC2CCCC(C)C2C)cc(Cl)c1OCC(N)=O. The Labute approximate surface area is 148 Å². The molecular formula is C18H27ClN2O3. The zero-order valence-corrected chi connectivity index (χ0v) is 15.4. The maximum Gasteiger partial charge on any atom is 0.255 e. The summed E-state index contributed by atoms with van der Waals surface area (Å²) in [4.78, 5) is 10.9. The van der Waals surface area contributed by atoms with E-state index in [4.69, 9.17) is 26.8 Å². The van der Waals surface area contributed by atoms with Gasteiger partial charge >= 0.3 is 0 Å². The van der Waals surface area contributed by atoms with Gasteiger partial charge in [-0.25, -0.2) is 0 Å². The van der Waals surface area contributed by atoms with Crippen molar-refractivity contribution in [1.29, 1.82) is 0 Å². The molecule has 6 heteroatoms. The number of primary amides is 1. The average molecular weight is 355 g/mol. The molecule has 2 rings (SSSR count). The van der Waals surface area contributed by atoms with Crippen LogP contribution in [-0.4, -0.2) is 25.7 Å². The molecule has 1 aliphatic rings. The molecule has 5 nitrogen and oxygen atoms in total. The van der Waals surface area contributed by atoms with Crippen LogP contribution < -0.4 is 20.5 Å². The number of methoxy groups -OCH3 is 1. The van der Waals surface area contributed by atoms with Crippen molar-refractivity contribution in [2.24, 2.45) is 17.6 Å². The molecular weight excluding hydrogens is 328 g/mol. The fraction of sp³-hybridized carbons (Fsp3) is 0.611. The van der Waals surface area contributed by atoms with Gasteiger partial charge < -0.3 is 20.5 Å². The quantitative estimate of drug-likeness (QED) is 0.789. The van der Waals surface area contributed by atoms with Gasteiger partial charge in [0.15, 0.2) is 18.1 Å². The molecule has 1 aromatic rings. The Morgan fingerprint density at radius 1 is 1.38 bits per heavy atom. The third kappa shape index (κ3) is 4.77. The van der Waals surface area contributed by atoms with Crippen molar-refractivity contribution in [2.75, 3.05) is 13.7 Å². The molecule has 3 unspecified atom stereocenters. The minimum absolute atomic E-state index is 0.231. The Kier molecular flexibility index (Phi) is 6.75. The highest BCUT2D eigenvalue weighted by molar-refractivity contribution is 6.32. The van der Waals surface area contributed by atoms with Crippen molar-refractivity contribution in [3.63, 3.8) is 0 Å². The first-order valence-electron chi connectivity index (χ1n) is 8.43. The number of hydrogen-bond donors (Lipinski definition) is 2. The van der Waals surface area contributed by atoms with Crippen LogP contribution in [0.3, 0.4) is 0 Å². The Hall–Kier alpha value is -1.46. The molecule has 1 fully saturated rings. The molecule has 0 radical (unpaired) electrons. The lowest BCUT2D eigenvalue weighted by Gasteiger charge is -2.34. The summed E-state index contributed by atoms with van der Waals surface area (Å²) in [6.45, 7) is 5.12. The fourth-order valence-electron chi connectivity index (χ4n) is 3.28. The van der Waals surface area contributed by atoms with Crippen LogP contribution in [0.1, 0.15) is 38.7 Å². The lowest BCUT2D eigenvalue weighted by molar-refractivity contribution is -0.119. The molecule has 3 N–H and O–H groups in total. The van der Waals surface area contributed by atoms with Crippen molar-refractivity contribution >= 4 is 17.5 Å². The van der Waals surface area contributed by atoms with Crippen LogP contribution in [0, 0.1) is 11.8 Å². The highest BCUT2D eigenvalue weighted by atomic mass is 35.5. The number of nitrogens with two attached hydrogens (primary N) is 1. The normalized spacial score (nSPS) is 23.8.